The first-order valence-corrected chi connectivity index (χ1v) is 30.0. The van der Waals surface area contributed by atoms with Crippen LogP contribution in [0.5, 0.6) is 0 Å². The Labute approximate surface area is 459 Å². The molecule has 1 saturated carbocycles. The van der Waals surface area contributed by atoms with Crippen molar-refractivity contribution in [2.75, 3.05) is 46.3 Å². The molecule has 17 nitrogen and oxygen atoms in total. The summed E-state index contributed by atoms with van der Waals surface area (Å²) in [6.07, 6.45) is 14.2. The number of esters is 2. The number of aliphatic hydroxyl groups is 4. The Hall–Kier alpha value is -3.59. The van der Waals surface area contributed by atoms with Gasteiger partial charge >= 0.3 is 11.9 Å². The van der Waals surface area contributed by atoms with Crippen LogP contribution in [0, 0.1) is 40.9 Å². The van der Waals surface area contributed by atoms with Gasteiger partial charge in [-0.15, -0.1) is 0 Å². The third-order valence-electron chi connectivity index (χ3n) is 17.4. The number of aliphatic hydroxyl groups excluding tert-OH is 3. The third kappa shape index (κ3) is 16.3. The van der Waals surface area contributed by atoms with Crippen LogP contribution in [0.1, 0.15) is 145 Å². The lowest BCUT2D eigenvalue weighted by Gasteiger charge is -2.43. The molecule has 4 aliphatic heterocycles. The molecule has 5 aliphatic rings. The van der Waals surface area contributed by atoms with E-state index in [0.29, 0.717) is 82.7 Å². The minimum Gasteiger partial charge on any atom is -0.461 e. The van der Waals surface area contributed by atoms with E-state index < -0.39 is 113 Å². The van der Waals surface area contributed by atoms with Crippen LogP contribution in [0.3, 0.4) is 0 Å². The Morgan fingerprint density at radius 2 is 1.57 bits per heavy atom. The molecular weight excluding hydrogens is 1010 g/mol. The van der Waals surface area contributed by atoms with E-state index in [2.05, 4.69) is 26.5 Å². The minimum absolute atomic E-state index is 0.00595. The zero-order valence-corrected chi connectivity index (χ0v) is 48.6. The first-order valence-electron chi connectivity index (χ1n) is 28.3. The van der Waals surface area contributed by atoms with E-state index in [0.717, 1.165) is 17.6 Å². The number of ketones is 1. The van der Waals surface area contributed by atoms with Gasteiger partial charge in [0.2, 0.25) is 15.8 Å². The fourth-order valence-electron chi connectivity index (χ4n) is 12.1. The van der Waals surface area contributed by atoms with Gasteiger partial charge in [-0.25, -0.2) is 13.2 Å². The number of hydrogen-bond acceptors (Lipinski definition) is 15. The zero-order chi connectivity index (χ0) is 57.0. The summed E-state index contributed by atoms with van der Waals surface area (Å²) in [5, 5.41) is 43.6. The molecule has 0 radical (unpaired) electrons. The van der Waals surface area contributed by atoms with Crippen LogP contribution >= 0.6 is 0 Å². The Morgan fingerprint density at radius 3 is 2.22 bits per heavy atom. The predicted molar refractivity (Wildman–Crippen MR) is 293 cm³/mol. The summed E-state index contributed by atoms with van der Waals surface area (Å²) in [6, 6.07) is -1.76. The highest BCUT2D eigenvalue weighted by molar-refractivity contribution is 7.89. The van der Waals surface area contributed by atoms with Crippen LogP contribution in [0.25, 0.3) is 0 Å². The minimum atomic E-state index is -3.61. The van der Waals surface area contributed by atoms with Crippen LogP contribution in [-0.2, 0) is 52.9 Å². The molecule has 4 heterocycles. The number of cyclic esters (lactones) is 1. The Balaban J connectivity index is 1.47. The molecule has 15 atom stereocenters. The van der Waals surface area contributed by atoms with E-state index in [1.807, 2.05) is 58.1 Å². The topological polar surface area (TPSA) is 236 Å². The molecule has 0 aromatic heterocycles. The second-order valence-electron chi connectivity index (χ2n) is 23.7. The number of fused-ring (bicyclic) bond motifs is 3. The number of amides is 1. The van der Waals surface area contributed by atoms with Gasteiger partial charge in [0, 0.05) is 39.3 Å². The van der Waals surface area contributed by atoms with Crippen molar-refractivity contribution < 1.29 is 71.7 Å². The van der Waals surface area contributed by atoms with Crippen molar-refractivity contribution in [1.29, 1.82) is 0 Å². The predicted octanol–water partition coefficient (Wildman–Crippen LogP) is 6.92. The number of carbonyl (C=O) groups excluding carboxylic acids is 4. The summed E-state index contributed by atoms with van der Waals surface area (Å²) in [4.78, 5) is 58.0. The number of rotatable bonds is 10. The van der Waals surface area contributed by atoms with E-state index in [-0.39, 0.29) is 54.7 Å². The van der Waals surface area contributed by atoms with Crippen molar-refractivity contribution in [3.63, 3.8) is 0 Å². The molecule has 2 bridgehead atoms. The average molecular weight is 1100 g/mol. The van der Waals surface area contributed by atoms with Crippen LogP contribution in [-0.4, -0.2) is 162 Å². The number of methoxy groups -OCH3 is 2. The van der Waals surface area contributed by atoms with Gasteiger partial charge in [0.1, 0.15) is 35.9 Å². The van der Waals surface area contributed by atoms with Gasteiger partial charge < -0.3 is 49.0 Å². The van der Waals surface area contributed by atoms with Crippen molar-refractivity contribution in [1.82, 2.24) is 9.21 Å². The number of hydrogen-bond donors (Lipinski definition) is 4. The van der Waals surface area contributed by atoms with Crippen molar-refractivity contribution in [2.24, 2.45) is 40.9 Å². The highest BCUT2D eigenvalue weighted by Gasteiger charge is 2.54. The van der Waals surface area contributed by atoms with E-state index in [9.17, 15) is 48.0 Å². The van der Waals surface area contributed by atoms with E-state index in [1.165, 1.54) is 16.1 Å². The molecule has 1 aliphatic carbocycles. The maximum absolute atomic E-state index is 14.7. The second kappa shape index (κ2) is 28.7. The highest BCUT2D eigenvalue weighted by Crippen LogP contribution is 2.40. The number of ether oxygens (including phenoxy) is 5. The molecule has 1 unspecified atom stereocenters. The van der Waals surface area contributed by atoms with E-state index >= 15 is 0 Å². The van der Waals surface area contributed by atoms with Gasteiger partial charge in [0.25, 0.3) is 11.7 Å². The number of allylic oxidation sites excluding steroid dienone is 6. The molecule has 77 heavy (non-hydrogen) atoms. The number of carbonyl (C=O) groups is 4. The van der Waals surface area contributed by atoms with Crippen LogP contribution in [0.4, 0.5) is 0 Å². The van der Waals surface area contributed by atoms with Crippen LogP contribution in [0.15, 0.2) is 59.8 Å². The molecule has 436 valence electrons. The quantitative estimate of drug-likeness (QED) is 0.0987. The second-order valence-corrected chi connectivity index (χ2v) is 25.7. The Bertz CT molecular complexity index is 2260. The highest BCUT2D eigenvalue weighted by atomic mass is 32.2. The van der Waals surface area contributed by atoms with Crippen LogP contribution < -0.4 is 0 Å². The molecule has 18 heteroatoms. The molecule has 4 fully saturated rings. The fourth-order valence-corrected chi connectivity index (χ4v) is 13.9. The first kappa shape index (κ1) is 64.2. The standard InChI is InChI=1S/C59H94N2O15S/c1-37-18-13-12-14-19-39(3)48(61-28-17-29-77(61,70)71)34-46-24-22-43(7)59(69,76-46)54(65)55(66)60-27-16-15-20-47(60)56(67)74-49(25-21-38(2)31-42(6)52(64)53(73-11)44(8)40(4)30-37)41(5)32-45-23-26-50(51(33-45)72-10)75-57(68)58(9,35-62)36-63/h12-14,18-19,31,37-38,40-41,43,45-53,62-64,69H,8,15-17,20-30,32-36H2,1-7,9-11H3/b14-12+,18-13+,39-19+,42-31+/t37-,38+,40-,41-,43-,45+,46+,47+,48?,49+,50-,51-,52-,53+,59-/m1/s1. The molecule has 5 rings (SSSR count). The van der Waals surface area contributed by atoms with Gasteiger partial charge in [-0.3, -0.25) is 14.4 Å². The molecule has 0 spiro atoms. The van der Waals surface area contributed by atoms with E-state index in [1.54, 1.807) is 21.1 Å². The van der Waals surface area contributed by atoms with Gasteiger partial charge in [-0.2, -0.15) is 4.31 Å². The number of sulfonamides is 1. The van der Waals surface area contributed by atoms with Crippen molar-refractivity contribution in [3.8, 4) is 0 Å². The lowest BCUT2D eigenvalue weighted by molar-refractivity contribution is -0.264. The van der Waals surface area contributed by atoms with Gasteiger partial charge in [-0.05, 0) is 151 Å². The largest absolute Gasteiger partial charge is 0.461 e. The molecule has 0 aromatic carbocycles. The van der Waals surface area contributed by atoms with Crippen molar-refractivity contribution >= 4 is 33.7 Å². The maximum atomic E-state index is 14.7. The van der Waals surface area contributed by atoms with Gasteiger partial charge in [0.05, 0.1) is 31.2 Å². The third-order valence-corrected chi connectivity index (χ3v) is 19.3. The van der Waals surface area contributed by atoms with Crippen LogP contribution in [0.2, 0.25) is 0 Å². The van der Waals surface area contributed by atoms with Crippen molar-refractivity contribution in [2.45, 2.75) is 200 Å². The smallest absolute Gasteiger partial charge is 0.329 e. The lowest BCUT2D eigenvalue weighted by Crippen LogP contribution is -2.61. The van der Waals surface area contributed by atoms with Gasteiger partial charge in [-0.1, -0.05) is 83.2 Å². The van der Waals surface area contributed by atoms with Crippen molar-refractivity contribution in [3.05, 3.63) is 59.8 Å². The summed E-state index contributed by atoms with van der Waals surface area (Å²) >= 11 is 0. The summed E-state index contributed by atoms with van der Waals surface area (Å²) in [6.45, 7) is 18.7. The molecule has 0 aromatic rings. The number of piperidine rings is 1. The Morgan fingerprint density at radius 1 is 0.857 bits per heavy atom. The summed E-state index contributed by atoms with van der Waals surface area (Å²) in [5.41, 5.74) is 0.768. The SMILES string of the molecule is C=C1[C@H](C)C[C@H](C)/C=C/C=C/C=C(\C)C(N2CCCS2(=O)=O)C[C@@H]2CC[C@@H](C)[C@@](O)(O2)C(=O)C(=O)N2CCCC[C@H]2C(=O)O[C@H]([C@H](C)C[C@@H]2CC[C@@H](OC(=O)C(C)(CO)CO)[C@H](OC)C2)CC[C@H](C)/C=C(\C)[C@@H](O)[C@H]1OC. The number of nitrogens with zero attached hydrogens (tertiary/aromatic N) is 2. The van der Waals surface area contributed by atoms with Gasteiger partial charge in [0.15, 0.2) is 0 Å². The summed E-state index contributed by atoms with van der Waals surface area (Å²) in [7, 11) is -0.489. The normalized spacial score (nSPS) is 38.1. The molecule has 4 N–H and O–H groups in total. The Kier molecular flexibility index (Phi) is 23.9. The maximum Gasteiger partial charge on any atom is 0.329 e. The molecule has 1 amide bonds. The first-order chi connectivity index (χ1) is 36.3. The lowest BCUT2D eigenvalue weighted by atomic mass is 9.78. The average Bonchev–Trinajstić information content (AvgIpc) is 3.78. The molecular formula is C59H94N2O15S. The fraction of sp³-hybridized carbons (Fsp3) is 0.763. The van der Waals surface area contributed by atoms with E-state index in [4.69, 9.17) is 23.7 Å². The molecule has 3 saturated heterocycles. The zero-order valence-electron chi connectivity index (χ0n) is 47.8. The summed E-state index contributed by atoms with van der Waals surface area (Å²) < 4.78 is 58.7. The monoisotopic (exact) mass is 1100 g/mol. The number of Topliss-reactive ketones (excluding diaryl/α,β-unsaturated/α-hetero) is 1. The summed E-state index contributed by atoms with van der Waals surface area (Å²) in [5.74, 6) is -6.98.